The summed E-state index contributed by atoms with van der Waals surface area (Å²) in [5, 5.41) is 0. The molecule has 0 N–H and O–H groups in total. The molecular weight excluding hydrogens is 584 g/mol. The summed E-state index contributed by atoms with van der Waals surface area (Å²) in [4.78, 5) is 17.3. The van der Waals surface area contributed by atoms with Gasteiger partial charge in [-0.2, -0.15) is 0 Å². The van der Waals surface area contributed by atoms with Crippen LogP contribution in [0.4, 0.5) is 0 Å². The van der Waals surface area contributed by atoms with Crippen molar-refractivity contribution in [3.8, 4) is 11.5 Å². The van der Waals surface area contributed by atoms with Gasteiger partial charge in [-0.05, 0) is 50.6 Å². The second-order valence-electron chi connectivity index (χ2n) is 14.1. The third kappa shape index (κ3) is 23.2. The van der Waals surface area contributed by atoms with E-state index in [1.165, 1.54) is 122 Å². The lowest BCUT2D eigenvalue weighted by Crippen LogP contribution is -2.44. The number of benzene rings is 1. The summed E-state index contributed by atoms with van der Waals surface area (Å²) in [5.74, 6) is 1.51. The van der Waals surface area contributed by atoms with Gasteiger partial charge in [-0.1, -0.05) is 136 Å². The summed E-state index contributed by atoms with van der Waals surface area (Å²) < 4.78 is 18.1. The average molecular weight is 659 g/mol. The number of piperazine rings is 1. The van der Waals surface area contributed by atoms with Crippen molar-refractivity contribution in [1.82, 2.24) is 9.80 Å². The molecule has 1 aliphatic rings. The van der Waals surface area contributed by atoms with Crippen LogP contribution >= 0.6 is 0 Å². The van der Waals surface area contributed by atoms with Gasteiger partial charge < -0.3 is 24.0 Å². The van der Waals surface area contributed by atoms with E-state index < -0.39 is 0 Å². The number of carbonyl (C=O) groups is 1. The first-order chi connectivity index (χ1) is 23.1. The molecule has 6 heteroatoms. The lowest BCUT2D eigenvalue weighted by molar-refractivity contribution is -0.145. The van der Waals surface area contributed by atoms with Crippen molar-refractivity contribution in [2.24, 2.45) is 0 Å². The second-order valence-corrected chi connectivity index (χ2v) is 14.1. The minimum atomic E-state index is -0.126. The number of carbonyl (C=O) groups excluding carboxylic acids is 1. The Bertz CT molecular complexity index is 871. The Kier molecular flexibility index (Phi) is 25.7. The number of esters is 1. The van der Waals surface area contributed by atoms with Gasteiger partial charge >= 0.3 is 5.97 Å². The highest BCUT2D eigenvalue weighted by Crippen LogP contribution is 2.25. The lowest BCUT2D eigenvalue weighted by atomic mass is 10.0. The Morgan fingerprint density at radius 1 is 0.574 bits per heavy atom. The molecule has 0 spiro atoms. The van der Waals surface area contributed by atoms with Gasteiger partial charge in [0.15, 0.2) is 0 Å². The summed E-state index contributed by atoms with van der Waals surface area (Å²) in [5.41, 5.74) is 0.936. The van der Waals surface area contributed by atoms with Crippen LogP contribution in [0, 0.1) is 0 Å². The highest BCUT2D eigenvalue weighted by molar-refractivity contribution is 5.69. The van der Waals surface area contributed by atoms with Crippen molar-refractivity contribution >= 4 is 5.97 Å². The zero-order valence-electron chi connectivity index (χ0n) is 31.2. The van der Waals surface area contributed by atoms with Crippen LogP contribution in [-0.4, -0.2) is 68.8 Å². The van der Waals surface area contributed by atoms with Crippen molar-refractivity contribution in [2.75, 3.05) is 53.0 Å². The zero-order valence-corrected chi connectivity index (χ0v) is 31.2. The quantitative estimate of drug-likeness (QED) is 0.0584. The Morgan fingerprint density at radius 2 is 1.00 bits per heavy atom. The standard InChI is InChI=1S/C41H74N2O4/c1-4-6-8-10-12-14-15-16-17-18-20-22-24-33-46-40-35-38(34-39(36-40)45-32-23-21-19-13-11-9-7-5-2)37-47-41(44)26-25-27-43-30-28-42(3)29-31-43/h34-36H,4-33,37H2,1-3H3. The fraction of sp³-hybridized carbons (Fsp3) is 0.829. The van der Waals surface area contributed by atoms with Gasteiger partial charge in [-0.3, -0.25) is 4.79 Å². The molecule has 0 unspecified atom stereocenters. The molecule has 1 saturated heterocycles. The maximum Gasteiger partial charge on any atom is 0.306 e. The molecular formula is C41H74N2O4. The molecule has 2 rings (SSSR count). The molecule has 1 aliphatic heterocycles. The third-order valence-electron chi connectivity index (χ3n) is 9.57. The molecule has 0 amide bonds. The predicted molar refractivity (Wildman–Crippen MR) is 199 cm³/mol. The minimum Gasteiger partial charge on any atom is -0.493 e. The van der Waals surface area contributed by atoms with E-state index in [-0.39, 0.29) is 12.6 Å². The van der Waals surface area contributed by atoms with E-state index in [1.807, 2.05) is 18.2 Å². The fourth-order valence-corrected chi connectivity index (χ4v) is 6.37. The van der Waals surface area contributed by atoms with E-state index in [0.717, 1.165) is 69.0 Å². The number of nitrogens with zero attached hydrogens (tertiary/aromatic N) is 2. The van der Waals surface area contributed by atoms with Gasteiger partial charge in [0.2, 0.25) is 0 Å². The number of hydrogen-bond acceptors (Lipinski definition) is 6. The molecule has 0 saturated carbocycles. The molecule has 6 nitrogen and oxygen atoms in total. The summed E-state index contributed by atoms with van der Waals surface area (Å²) in [6.45, 7) is 11.6. The van der Waals surface area contributed by atoms with Crippen LogP contribution in [0.3, 0.4) is 0 Å². The van der Waals surface area contributed by atoms with Gasteiger partial charge in [-0.15, -0.1) is 0 Å². The van der Waals surface area contributed by atoms with E-state index in [1.54, 1.807) is 0 Å². The maximum absolute atomic E-state index is 12.5. The molecule has 0 aliphatic carbocycles. The molecule has 272 valence electrons. The minimum absolute atomic E-state index is 0.126. The molecule has 47 heavy (non-hydrogen) atoms. The van der Waals surface area contributed by atoms with Crippen LogP contribution in [0.1, 0.15) is 167 Å². The normalized spacial score (nSPS) is 14.0. The molecule has 1 aromatic carbocycles. The smallest absolute Gasteiger partial charge is 0.306 e. The molecule has 0 aromatic heterocycles. The van der Waals surface area contributed by atoms with Crippen LogP contribution < -0.4 is 9.47 Å². The molecule has 0 radical (unpaired) electrons. The Labute approximate surface area is 290 Å². The largest absolute Gasteiger partial charge is 0.493 e. The predicted octanol–water partition coefficient (Wildman–Crippen LogP) is 10.7. The van der Waals surface area contributed by atoms with Gasteiger partial charge in [0.05, 0.1) is 13.2 Å². The molecule has 1 fully saturated rings. The van der Waals surface area contributed by atoms with Gasteiger partial charge in [0, 0.05) is 38.7 Å². The van der Waals surface area contributed by atoms with E-state index >= 15 is 0 Å². The van der Waals surface area contributed by atoms with Crippen molar-refractivity contribution in [2.45, 2.75) is 168 Å². The van der Waals surface area contributed by atoms with Gasteiger partial charge in [0.25, 0.3) is 0 Å². The van der Waals surface area contributed by atoms with E-state index in [2.05, 4.69) is 30.7 Å². The monoisotopic (exact) mass is 659 g/mol. The highest BCUT2D eigenvalue weighted by atomic mass is 16.5. The van der Waals surface area contributed by atoms with Crippen molar-refractivity contribution < 1.29 is 19.0 Å². The van der Waals surface area contributed by atoms with Crippen LogP contribution in [0.2, 0.25) is 0 Å². The van der Waals surface area contributed by atoms with E-state index in [4.69, 9.17) is 14.2 Å². The van der Waals surface area contributed by atoms with Gasteiger partial charge in [0.1, 0.15) is 18.1 Å². The second kappa shape index (κ2) is 29.2. The number of unbranched alkanes of at least 4 members (excludes halogenated alkanes) is 19. The number of hydrogen-bond donors (Lipinski definition) is 0. The van der Waals surface area contributed by atoms with Crippen LogP contribution in [0.15, 0.2) is 18.2 Å². The number of ether oxygens (including phenoxy) is 3. The van der Waals surface area contributed by atoms with Crippen LogP contribution in [0.5, 0.6) is 11.5 Å². The summed E-state index contributed by atoms with van der Waals surface area (Å²) >= 11 is 0. The summed E-state index contributed by atoms with van der Waals surface area (Å²) in [6.07, 6.45) is 29.0. The fourth-order valence-electron chi connectivity index (χ4n) is 6.37. The van der Waals surface area contributed by atoms with Crippen LogP contribution in [0.25, 0.3) is 0 Å². The summed E-state index contributed by atoms with van der Waals surface area (Å²) in [7, 11) is 2.17. The maximum atomic E-state index is 12.5. The molecule has 1 aromatic rings. The Balaban J connectivity index is 1.68. The van der Waals surface area contributed by atoms with Crippen molar-refractivity contribution in [3.05, 3.63) is 23.8 Å². The van der Waals surface area contributed by atoms with E-state index in [0.29, 0.717) is 19.6 Å². The number of likely N-dealkylation sites (N-methyl/N-ethyl adjacent to an activating group) is 1. The van der Waals surface area contributed by atoms with E-state index in [9.17, 15) is 4.79 Å². The molecule has 0 atom stereocenters. The Morgan fingerprint density at radius 3 is 1.45 bits per heavy atom. The average Bonchev–Trinajstić information content (AvgIpc) is 3.07. The topological polar surface area (TPSA) is 51.2 Å². The first-order valence-electron chi connectivity index (χ1n) is 20.1. The lowest BCUT2D eigenvalue weighted by Gasteiger charge is -2.32. The Hall–Kier alpha value is -1.79. The molecule has 0 bridgehead atoms. The highest BCUT2D eigenvalue weighted by Gasteiger charge is 2.14. The first-order valence-corrected chi connectivity index (χ1v) is 20.1. The first kappa shape index (κ1) is 41.4. The van der Waals surface area contributed by atoms with Gasteiger partial charge in [-0.25, -0.2) is 0 Å². The van der Waals surface area contributed by atoms with Crippen LogP contribution in [-0.2, 0) is 16.1 Å². The SMILES string of the molecule is CCCCCCCCCCCCCCCOc1cc(COC(=O)CCCN2CCN(C)CC2)cc(OCCCCCCCCCC)c1. The third-order valence-corrected chi connectivity index (χ3v) is 9.57. The summed E-state index contributed by atoms with van der Waals surface area (Å²) in [6, 6.07) is 6.04. The zero-order chi connectivity index (χ0) is 33.6. The van der Waals surface area contributed by atoms with Crippen molar-refractivity contribution in [3.63, 3.8) is 0 Å². The number of rotatable bonds is 31. The van der Waals surface area contributed by atoms with Crippen molar-refractivity contribution in [1.29, 1.82) is 0 Å². The molecule has 1 heterocycles.